The first kappa shape index (κ1) is 12.9. The van der Waals surface area contributed by atoms with Crippen molar-refractivity contribution < 1.29 is 14.3 Å². The molecule has 1 N–H and O–H groups in total. The normalized spacial score (nSPS) is 9.95. The van der Waals surface area contributed by atoms with Gasteiger partial charge >= 0.3 is 0 Å². The minimum Gasteiger partial charge on any atom is -0.619 e. The van der Waals surface area contributed by atoms with Crippen LogP contribution in [0.1, 0.15) is 15.9 Å². The van der Waals surface area contributed by atoms with E-state index in [1.807, 2.05) is 24.3 Å². The number of ether oxygens (including phenoxy) is 1. The lowest BCUT2D eigenvalue weighted by Crippen LogP contribution is -2.29. The highest BCUT2D eigenvalue weighted by Crippen LogP contribution is 2.12. The van der Waals surface area contributed by atoms with Crippen molar-refractivity contribution in [2.75, 3.05) is 7.11 Å². The van der Waals surface area contributed by atoms with E-state index in [1.165, 1.54) is 18.5 Å². The fourth-order valence-corrected chi connectivity index (χ4v) is 1.66. The molecular formula is C14H14N2O3. The maximum absolute atomic E-state index is 11.8. The van der Waals surface area contributed by atoms with Crippen LogP contribution >= 0.6 is 0 Å². The molecule has 2 rings (SSSR count). The Morgan fingerprint density at radius 3 is 2.95 bits per heavy atom. The number of benzene rings is 1. The van der Waals surface area contributed by atoms with Crippen molar-refractivity contribution in [1.82, 2.24) is 5.32 Å². The van der Waals surface area contributed by atoms with Crippen molar-refractivity contribution in [3.8, 4) is 5.75 Å². The van der Waals surface area contributed by atoms with Crippen molar-refractivity contribution in [2.45, 2.75) is 6.54 Å². The van der Waals surface area contributed by atoms with Crippen LogP contribution in [-0.2, 0) is 6.54 Å². The van der Waals surface area contributed by atoms with Crippen LogP contribution in [0.15, 0.2) is 48.8 Å². The minimum absolute atomic E-state index is 0.284. The summed E-state index contributed by atoms with van der Waals surface area (Å²) in [4.78, 5) is 11.8. The third kappa shape index (κ3) is 3.45. The second kappa shape index (κ2) is 5.86. The fraction of sp³-hybridized carbons (Fsp3) is 0.143. The van der Waals surface area contributed by atoms with Gasteiger partial charge < -0.3 is 15.3 Å². The second-order valence-corrected chi connectivity index (χ2v) is 3.99. The molecule has 0 bridgehead atoms. The summed E-state index contributed by atoms with van der Waals surface area (Å²) >= 11 is 0. The van der Waals surface area contributed by atoms with Crippen molar-refractivity contribution >= 4 is 5.91 Å². The van der Waals surface area contributed by atoms with Crippen LogP contribution < -0.4 is 14.8 Å². The van der Waals surface area contributed by atoms with Gasteiger partial charge in [-0.2, -0.15) is 4.73 Å². The average molecular weight is 258 g/mol. The van der Waals surface area contributed by atoms with Gasteiger partial charge in [-0.15, -0.1) is 0 Å². The van der Waals surface area contributed by atoms with Crippen LogP contribution in [0.2, 0.25) is 0 Å². The molecule has 0 saturated carbocycles. The Labute approximate surface area is 111 Å². The predicted octanol–water partition coefficient (Wildman–Crippen LogP) is 1.26. The van der Waals surface area contributed by atoms with Crippen LogP contribution in [0, 0.1) is 5.21 Å². The SMILES string of the molecule is COc1cccc(CNC(=O)c2ccc[n+]([O-])c2)c1. The van der Waals surface area contributed by atoms with E-state index in [0.717, 1.165) is 11.3 Å². The van der Waals surface area contributed by atoms with Gasteiger partial charge in [0.15, 0.2) is 12.4 Å². The topological polar surface area (TPSA) is 65.3 Å². The lowest BCUT2D eigenvalue weighted by atomic mass is 10.2. The largest absolute Gasteiger partial charge is 0.619 e. The molecule has 0 aliphatic rings. The molecule has 0 unspecified atom stereocenters. The molecule has 0 spiro atoms. The van der Waals surface area contributed by atoms with E-state index in [2.05, 4.69) is 5.32 Å². The Morgan fingerprint density at radius 2 is 2.21 bits per heavy atom. The van der Waals surface area contributed by atoms with E-state index in [1.54, 1.807) is 13.2 Å². The van der Waals surface area contributed by atoms with Crippen molar-refractivity contribution in [3.63, 3.8) is 0 Å². The highest BCUT2D eigenvalue weighted by Gasteiger charge is 2.08. The molecule has 0 aliphatic heterocycles. The lowest BCUT2D eigenvalue weighted by molar-refractivity contribution is -0.605. The molecule has 2 aromatic rings. The third-order valence-corrected chi connectivity index (χ3v) is 2.62. The van der Waals surface area contributed by atoms with Gasteiger partial charge in [0.05, 0.1) is 7.11 Å². The summed E-state index contributed by atoms with van der Waals surface area (Å²) in [6.07, 6.45) is 2.57. The smallest absolute Gasteiger partial charge is 0.257 e. The van der Waals surface area contributed by atoms with Gasteiger partial charge in [0.2, 0.25) is 0 Å². The number of hydrogen-bond acceptors (Lipinski definition) is 3. The third-order valence-electron chi connectivity index (χ3n) is 2.62. The highest BCUT2D eigenvalue weighted by atomic mass is 16.5. The highest BCUT2D eigenvalue weighted by molar-refractivity contribution is 5.93. The van der Waals surface area contributed by atoms with Gasteiger partial charge in [-0.1, -0.05) is 12.1 Å². The zero-order valence-electron chi connectivity index (χ0n) is 10.5. The Balaban J connectivity index is 2.00. The number of carbonyl (C=O) groups excluding carboxylic acids is 1. The van der Waals surface area contributed by atoms with Crippen molar-refractivity contribution in [2.24, 2.45) is 0 Å². The number of nitrogens with one attached hydrogen (secondary N) is 1. The van der Waals surface area contributed by atoms with Gasteiger partial charge in [0.1, 0.15) is 11.3 Å². The molecule has 1 aromatic carbocycles. The summed E-state index contributed by atoms with van der Waals surface area (Å²) < 4.78 is 5.70. The molecule has 1 aromatic heterocycles. The van der Waals surface area contributed by atoms with Gasteiger partial charge in [-0.3, -0.25) is 4.79 Å². The lowest BCUT2D eigenvalue weighted by Gasteiger charge is -2.06. The first-order valence-electron chi connectivity index (χ1n) is 5.79. The van der Waals surface area contributed by atoms with Crippen molar-refractivity contribution in [1.29, 1.82) is 0 Å². The van der Waals surface area contributed by atoms with E-state index in [-0.39, 0.29) is 5.91 Å². The summed E-state index contributed by atoms with van der Waals surface area (Å²) in [6.45, 7) is 0.379. The zero-order valence-corrected chi connectivity index (χ0v) is 10.5. The molecule has 0 fully saturated rings. The Kier molecular flexibility index (Phi) is 3.97. The monoisotopic (exact) mass is 258 g/mol. The Bertz CT molecular complexity index is 584. The van der Waals surface area contributed by atoms with Crippen LogP contribution in [0.3, 0.4) is 0 Å². The number of carbonyl (C=O) groups is 1. The van der Waals surface area contributed by atoms with E-state index in [4.69, 9.17) is 4.74 Å². The molecule has 98 valence electrons. The van der Waals surface area contributed by atoms with Crippen LogP contribution in [0.4, 0.5) is 0 Å². The average Bonchev–Trinajstić information content (AvgIpc) is 2.45. The summed E-state index contributed by atoms with van der Waals surface area (Å²) in [5.74, 6) is 0.455. The minimum atomic E-state index is -0.284. The van der Waals surface area contributed by atoms with Crippen LogP contribution in [0.5, 0.6) is 5.75 Å². The molecular weight excluding hydrogens is 244 g/mol. The number of pyridine rings is 1. The van der Waals surface area contributed by atoms with Crippen LogP contribution in [-0.4, -0.2) is 13.0 Å². The van der Waals surface area contributed by atoms with Gasteiger partial charge in [0.25, 0.3) is 5.91 Å². The van der Waals surface area contributed by atoms with Gasteiger partial charge in [0, 0.05) is 12.6 Å². The fourth-order valence-electron chi connectivity index (χ4n) is 1.66. The maximum Gasteiger partial charge on any atom is 0.257 e. The number of rotatable bonds is 4. The van der Waals surface area contributed by atoms with E-state index in [0.29, 0.717) is 16.8 Å². The molecule has 0 atom stereocenters. The predicted molar refractivity (Wildman–Crippen MR) is 69.6 cm³/mol. The maximum atomic E-state index is 11.8. The first-order valence-corrected chi connectivity index (χ1v) is 5.79. The second-order valence-electron chi connectivity index (χ2n) is 3.99. The van der Waals surface area contributed by atoms with E-state index >= 15 is 0 Å². The number of methoxy groups -OCH3 is 1. The zero-order chi connectivity index (χ0) is 13.7. The van der Waals surface area contributed by atoms with E-state index < -0.39 is 0 Å². The molecule has 0 aliphatic carbocycles. The van der Waals surface area contributed by atoms with Crippen LogP contribution in [0.25, 0.3) is 0 Å². The molecule has 19 heavy (non-hydrogen) atoms. The van der Waals surface area contributed by atoms with Gasteiger partial charge in [-0.25, -0.2) is 0 Å². The molecule has 5 nitrogen and oxygen atoms in total. The summed E-state index contributed by atoms with van der Waals surface area (Å²) in [6, 6.07) is 10.6. The summed E-state index contributed by atoms with van der Waals surface area (Å²) in [7, 11) is 1.59. The molecule has 5 heteroatoms. The number of aromatic nitrogens is 1. The van der Waals surface area contributed by atoms with Gasteiger partial charge in [-0.05, 0) is 23.8 Å². The molecule has 1 amide bonds. The standard InChI is InChI=1S/C14H14N2O3/c1-19-13-6-2-4-11(8-13)9-15-14(17)12-5-3-7-16(18)10-12/h2-8,10H,9H2,1H3,(H,15,17). The summed E-state index contributed by atoms with van der Waals surface area (Å²) in [5, 5.41) is 13.8. The molecule has 1 heterocycles. The molecule has 0 saturated heterocycles. The Morgan fingerprint density at radius 1 is 1.37 bits per heavy atom. The number of amides is 1. The Hall–Kier alpha value is -2.56. The summed E-state index contributed by atoms with van der Waals surface area (Å²) in [5.41, 5.74) is 1.26. The number of hydrogen-bond donors (Lipinski definition) is 1. The molecule has 0 radical (unpaired) electrons. The first-order chi connectivity index (χ1) is 9.19. The van der Waals surface area contributed by atoms with Crippen molar-refractivity contribution in [3.05, 3.63) is 65.1 Å². The quantitative estimate of drug-likeness (QED) is 0.663. The van der Waals surface area contributed by atoms with E-state index in [9.17, 15) is 10.0 Å². The number of nitrogens with zero attached hydrogens (tertiary/aromatic N) is 1.